The summed E-state index contributed by atoms with van der Waals surface area (Å²) >= 11 is 1.73. The molecule has 1 aliphatic carbocycles. The average molecular weight is 259 g/mol. The number of nitrogens with zero attached hydrogens (tertiary/aromatic N) is 2. The molecule has 0 radical (unpaired) electrons. The summed E-state index contributed by atoms with van der Waals surface area (Å²) in [6.45, 7) is 2.97. The minimum atomic E-state index is 0.399. The number of hydrogen-bond donors (Lipinski definition) is 1. The smallest absolute Gasteiger partial charge is 0.0798 e. The Morgan fingerprint density at radius 3 is 3.22 bits per heavy atom. The maximum Gasteiger partial charge on any atom is 0.0798 e. The van der Waals surface area contributed by atoms with Crippen LogP contribution in [0.15, 0.2) is 23.8 Å². The van der Waals surface area contributed by atoms with Gasteiger partial charge in [0.15, 0.2) is 0 Å². The van der Waals surface area contributed by atoms with Gasteiger partial charge in [0.25, 0.3) is 0 Å². The largest absolute Gasteiger partial charge is 0.304 e. The summed E-state index contributed by atoms with van der Waals surface area (Å²) in [5.41, 5.74) is 5.71. The van der Waals surface area contributed by atoms with Gasteiger partial charge in [-0.2, -0.15) is 0 Å². The lowest BCUT2D eigenvalue weighted by Crippen LogP contribution is -2.25. The molecule has 1 N–H and O–H groups in total. The minimum Gasteiger partial charge on any atom is -0.304 e. The van der Waals surface area contributed by atoms with Crippen LogP contribution in [0.1, 0.15) is 40.7 Å². The summed E-state index contributed by atoms with van der Waals surface area (Å²) in [6, 6.07) is 4.64. The van der Waals surface area contributed by atoms with Crippen LogP contribution in [-0.2, 0) is 13.0 Å². The fourth-order valence-corrected chi connectivity index (χ4v) is 3.25. The highest BCUT2D eigenvalue weighted by molar-refractivity contribution is 7.09. The summed E-state index contributed by atoms with van der Waals surface area (Å²) in [5, 5.41) is 3.63. The second kappa shape index (κ2) is 5.16. The van der Waals surface area contributed by atoms with E-state index in [0.717, 1.165) is 12.2 Å². The molecule has 4 heteroatoms. The number of hydrogen-bond acceptors (Lipinski definition) is 4. The van der Waals surface area contributed by atoms with E-state index in [4.69, 9.17) is 0 Å². The van der Waals surface area contributed by atoms with Gasteiger partial charge in [0, 0.05) is 17.6 Å². The number of fused-ring (bicyclic) bond motifs is 1. The highest BCUT2D eigenvalue weighted by Gasteiger charge is 2.20. The Hall–Kier alpha value is -1.26. The van der Waals surface area contributed by atoms with Crippen LogP contribution >= 0.6 is 11.3 Å². The van der Waals surface area contributed by atoms with Crippen LogP contribution in [0.2, 0.25) is 0 Å². The summed E-state index contributed by atoms with van der Waals surface area (Å²) in [5.74, 6) is 0. The third-order valence-corrected chi connectivity index (χ3v) is 4.48. The molecule has 1 unspecified atom stereocenters. The first-order valence-electron chi connectivity index (χ1n) is 6.41. The molecule has 0 saturated heterocycles. The summed E-state index contributed by atoms with van der Waals surface area (Å²) in [4.78, 5) is 10.2. The molecule has 0 amide bonds. The highest BCUT2D eigenvalue weighted by Crippen LogP contribution is 2.28. The Bertz CT molecular complexity index is 535. The van der Waals surface area contributed by atoms with Gasteiger partial charge in [-0.1, -0.05) is 6.07 Å². The molecule has 3 rings (SSSR count). The van der Waals surface area contributed by atoms with Crippen molar-refractivity contribution in [3.05, 3.63) is 45.7 Å². The fourth-order valence-electron chi connectivity index (χ4n) is 2.52. The molecule has 18 heavy (non-hydrogen) atoms. The molecule has 1 aliphatic rings. The second-order valence-electron chi connectivity index (χ2n) is 4.73. The summed E-state index contributed by atoms with van der Waals surface area (Å²) in [7, 11) is 0. The summed E-state index contributed by atoms with van der Waals surface area (Å²) in [6.07, 6.45) is 5.50. The highest BCUT2D eigenvalue weighted by atomic mass is 32.1. The van der Waals surface area contributed by atoms with Gasteiger partial charge in [0.1, 0.15) is 0 Å². The predicted octanol–water partition coefficient (Wildman–Crippen LogP) is 3.01. The van der Waals surface area contributed by atoms with Gasteiger partial charge in [-0.15, -0.1) is 11.3 Å². The molecule has 2 aromatic rings. The lowest BCUT2D eigenvalue weighted by atomic mass is 9.92. The molecule has 2 aromatic heterocycles. The van der Waals surface area contributed by atoms with E-state index in [2.05, 4.69) is 28.3 Å². The Morgan fingerprint density at radius 1 is 1.44 bits per heavy atom. The first kappa shape index (κ1) is 11.8. The number of nitrogens with one attached hydrogen (secondary N) is 1. The molecule has 0 saturated carbocycles. The van der Waals surface area contributed by atoms with Gasteiger partial charge in [-0.3, -0.25) is 4.98 Å². The van der Waals surface area contributed by atoms with Crippen molar-refractivity contribution in [1.29, 1.82) is 0 Å². The molecule has 0 aromatic carbocycles. The maximum absolute atomic E-state index is 4.55. The molecule has 0 bridgehead atoms. The summed E-state index contributed by atoms with van der Waals surface area (Å²) < 4.78 is 0. The van der Waals surface area contributed by atoms with Crippen LogP contribution in [-0.4, -0.2) is 9.97 Å². The number of aromatic nitrogens is 2. The van der Waals surface area contributed by atoms with Crippen molar-refractivity contribution in [2.75, 3.05) is 0 Å². The first-order chi connectivity index (χ1) is 8.84. The van der Waals surface area contributed by atoms with E-state index < -0.39 is 0 Å². The van der Waals surface area contributed by atoms with Crippen molar-refractivity contribution in [2.24, 2.45) is 0 Å². The molecular weight excluding hydrogens is 242 g/mol. The van der Waals surface area contributed by atoms with Crippen LogP contribution in [0.5, 0.6) is 0 Å². The van der Waals surface area contributed by atoms with Gasteiger partial charge in [-0.25, -0.2) is 4.98 Å². The second-order valence-corrected chi connectivity index (χ2v) is 5.67. The van der Waals surface area contributed by atoms with Crippen LogP contribution in [0, 0.1) is 6.92 Å². The van der Waals surface area contributed by atoms with Crippen LogP contribution < -0.4 is 5.32 Å². The van der Waals surface area contributed by atoms with Crippen molar-refractivity contribution < 1.29 is 0 Å². The average Bonchev–Trinajstić information content (AvgIpc) is 2.82. The van der Waals surface area contributed by atoms with Crippen LogP contribution in [0.4, 0.5) is 0 Å². The third-order valence-electron chi connectivity index (χ3n) is 3.55. The first-order valence-corrected chi connectivity index (χ1v) is 7.28. The van der Waals surface area contributed by atoms with E-state index >= 15 is 0 Å². The molecule has 0 fully saturated rings. The molecule has 94 valence electrons. The molecule has 0 spiro atoms. The number of aryl methyl sites for hydroxylation is 2. The van der Waals surface area contributed by atoms with E-state index in [9.17, 15) is 0 Å². The number of pyridine rings is 1. The van der Waals surface area contributed by atoms with Crippen molar-refractivity contribution in [3.63, 3.8) is 0 Å². The van der Waals surface area contributed by atoms with Crippen molar-refractivity contribution >= 4 is 11.3 Å². The maximum atomic E-state index is 4.55. The van der Waals surface area contributed by atoms with Gasteiger partial charge in [-0.05, 0) is 37.8 Å². The Labute approximate surface area is 111 Å². The van der Waals surface area contributed by atoms with Crippen molar-refractivity contribution in [3.8, 4) is 0 Å². The SMILES string of the molecule is Cc1ncsc1CNC1CCCc2cccnc21. The molecule has 2 heterocycles. The van der Waals surface area contributed by atoms with Crippen LogP contribution in [0.25, 0.3) is 0 Å². The zero-order valence-corrected chi connectivity index (χ0v) is 11.3. The number of rotatable bonds is 3. The lowest BCUT2D eigenvalue weighted by Gasteiger charge is -2.25. The molecule has 1 atom stereocenters. The van der Waals surface area contributed by atoms with Crippen molar-refractivity contribution in [1.82, 2.24) is 15.3 Å². The molecule has 3 nitrogen and oxygen atoms in total. The van der Waals surface area contributed by atoms with Crippen molar-refractivity contribution in [2.45, 2.75) is 38.8 Å². The predicted molar refractivity (Wildman–Crippen MR) is 73.6 cm³/mol. The van der Waals surface area contributed by atoms with Gasteiger partial charge in [0.2, 0.25) is 0 Å². The monoisotopic (exact) mass is 259 g/mol. The number of thiazole rings is 1. The quantitative estimate of drug-likeness (QED) is 0.920. The van der Waals surface area contributed by atoms with Gasteiger partial charge in [0.05, 0.1) is 22.9 Å². The van der Waals surface area contributed by atoms with E-state index in [1.54, 1.807) is 11.3 Å². The molecular formula is C14H17N3S. The lowest BCUT2D eigenvalue weighted by molar-refractivity contribution is 0.449. The zero-order chi connectivity index (χ0) is 12.4. The Balaban J connectivity index is 1.73. The Morgan fingerprint density at radius 2 is 2.39 bits per heavy atom. The van der Waals surface area contributed by atoms with E-state index in [-0.39, 0.29) is 0 Å². The van der Waals surface area contributed by atoms with E-state index in [1.807, 2.05) is 17.8 Å². The fraction of sp³-hybridized carbons (Fsp3) is 0.429. The topological polar surface area (TPSA) is 37.8 Å². The Kier molecular flexibility index (Phi) is 3.39. The van der Waals surface area contributed by atoms with Gasteiger partial charge < -0.3 is 5.32 Å². The minimum absolute atomic E-state index is 0.399. The molecule has 0 aliphatic heterocycles. The van der Waals surface area contributed by atoms with Gasteiger partial charge >= 0.3 is 0 Å². The standard InChI is InChI=1S/C14H17N3S/c1-10-13(18-9-17-10)8-16-12-6-2-4-11-5-3-7-15-14(11)12/h3,5,7,9,12,16H,2,4,6,8H2,1H3. The van der Waals surface area contributed by atoms with E-state index in [1.165, 1.54) is 35.4 Å². The van der Waals surface area contributed by atoms with E-state index in [0.29, 0.717) is 6.04 Å². The van der Waals surface area contributed by atoms with Crippen LogP contribution in [0.3, 0.4) is 0 Å². The normalized spacial score (nSPS) is 18.6. The third kappa shape index (κ3) is 2.31. The zero-order valence-electron chi connectivity index (χ0n) is 10.5.